The first kappa shape index (κ1) is 15.7. The van der Waals surface area contributed by atoms with Crippen LogP contribution < -0.4 is 39.9 Å². The summed E-state index contributed by atoms with van der Waals surface area (Å²) in [5, 5.41) is 19.5. The van der Waals surface area contributed by atoms with E-state index in [1.54, 1.807) is 30.3 Å². The average molecular weight is 310 g/mol. The summed E-state index contributed by atoms with van der Waals surface area (Å²) in [5.74, 6) is -0.321. The Balaban J connectivity index is 0.00000156. The molecule has 0 unspecified atom stereocenters. The van der Waals surface area contributed by atoms with E-state index in [2.05, 4.69) is 4.98 Å². The minimum absolute atomic E-state index is 0. The molecule has 3 aromatic rings. The number of hydrogen-bond acceptors (Lipinski definition) is 3. The van der Waals surface area contributed by atoms with E-state index in [0.29, 0.717) is 27.7 Å². The number of carbonyl (C=O) groups is 1. The van der Waals surface area contributed by atoms with Crippen molar-refractivity contribution in [1.29, 1.82) is 5.41 Å². The van der Waals surface area contributed by atoms with Crippen molar-refractivity contribution in [2.24, 2.45) is 0 Å². The fourth-order valence-corrected chi connectivity index (χ4v) is 2.81. The van der Waals surface area contributed by atoms with Crippen molar-refractivity contribution >= 4 is 28.0 Å². The summed E-state index contributed by atoms with van der Waals surface area (Å²) in [6.07, 6.45) is 0. The first-order valence-electron chi connectivity index (χ1n) is 6.86. The molecule has 0 spiro atoms. The van der Waals surface area contributed by atoms with Gasteiger partial charge in [-0.1, -0.05) is 54.6 Å². The molecular formula is C18H11N2NaO2. The van der Waals surface area contributed by atoms with E-state index < -0.39 is 0 Å². The van der Waals surface area contributed by atoms with Crippen LogP contribution in [0, 0.1) is 5.41 Å². The van der Waals surface area contributed by atoms with Gasteiger partial charge in [0.15, 0.2) is 5.78 Å². The summed E-state index contributed by atoms with van der Waals surface area (Å²) < 4.78 is 0. The molecule has 0 bridgehead atoms. The summed E-state index contributed by atoms with van der Waals surface area (Å²) in [7, 11) is 0. The predicted molar refractivity (Wildman–Crippen MR) is 83.3 cm³/mol. The molecule has 5 heteroatoms. The van der Waals surface area contributed by atoms with Gasteiger partial charge in [-0.25, -0.2) is 0 Å². The molecule has 0 aliphatic heterocycles. The Bertz CT molecular complexity index is 1030. The van der Waals surface area contributed by atoms with E-state index in [1.807, 2.05) is 18.2 Å². The van der Waals surface area contributed by atoms with E-state index in [4.69, 9.17) is 5.41 Å². The quantitative estimate of drug-likeness (QED) is 0.617. The Kier molecular flexibility index (Phi) is 3.98. The van der Waals surface area contributed by atoms with Crippen LogP contribution in [-0.4, -0.2) is 10.9 Å². The Labute approximate surface area is 154 Å². The number of aliphatic hydroxyl groups excluding tert-OH is 1. The molecule has 1 heterocycles. The van der Waals surface area contributed by atoms with Crippen molar-refractivity contribution in [2.75, 3.05) is 0 Å². The van der Waals surface area contributed by atoms with Gasteiger partial charge in [0, 0.05) is 11.1 Å². The van der Waals surface area contributed by atoms with Crippen LogP contribution in [0.2, 0.25) is 0 Å². The second-order valence-electron chi connectivity index (χ2n) is 5.17. The number of aromatic nitrogens is 1. The fraction of sp³-hybridized carbons (Fsp3) is 0. The van der Waals surface area contributed by atoms with Gasteiger partial charge in [-0.2, -0.15) is 0 Å². The van der Waals surface area contributed by atoms with E-state index in [9.17, 15) is 9.90 Å². The van der Waals surface area contributed by atoms with E-state index in [0.717, 1.165) is 0 Å². The standard InChI is InChI=1S/C18H12N2O2.Na/c19-13-9-15(20-14-8-4-3-7-12(13)14)16-17(21)10-5-1-2-6-11(10)18(16)22;/h1-9H,(H3,19,20,21,22);/q;+1/p-1. The van der Waals surface area contributed by atoms with E-state index >= 15 is 0 Å². The van der Waals surface area contributed by atoms with Crippen molar-refractivity contribution in [3.63, 3.8) is 0 Å². The van der Waals surface area contributed by atoms with Gasteiger partial charge in [-0.15, -0.1) is 11.2 Å². The normalized spacial score (nSPS) is 13.1. The number of carbonyl (C=O) groups excluding carboxylic acids is 1. The Hall–Kier alpha value is -2.14. The molecule has 4 rings (SSSR count). The molecule has 1 aliphatic carbocycles. The second kappa shape index (κ2) is 5.81. The van der Waals surface area contributed by atoms with Gasteiger partial charge < -0.3 is 15.5 Å². The summed E-state index contributed by atoms with van der Waals surface area (Å²) in [6.45, 7) is 0. The van der Waals surface area contributed by atoms with Crippen molar-refractivity contribution in [2.45, 2.75) is 0 Å². The third kappa shape index (κ3) is 2.36. The molecule has 0 saturated heterocycles. The van der Waals surface area contributed by atoms with Crippen LogP contribution in [0.15, 0.2) is 54.6 Å². The molecule has 23 heavy (non-hydrogen) atoms. The van der Waals surface area contributed by atoms with Gasteiger partial charge in [-0.05, 0) is 5.39 Å². The number of benzene rings is 2. The molecule has 0 fully saturated rings. The number of nitrogens with one attached hydrogen (secondary N) is 1. The van der Waals surface area contributed by atoms with Gasteiger partial charge in [-0.3, -0.25) is 4.79 Å². The minimum atomic E-state index is -0.254. The summed E-state index contributed by atoms with van der Waals surface area (Å²) >= 11 is 0. The Morgan fingerprint density at radius 3 is 2.35 bits per heavy atom. The van der Waals surface area contributed by atoms with E-state index in [1.165, 1.54) is 6.07 Å². The van der Waals surface area contributed by atoms with Gasteiger partial charge in [0.25, 0.3) is 0 Å². The molecule has 2 aromatic carbocycles. The topological polar surface area (TPSA) is 75.2 Å². The number of para-hydroxylation sites is 1. The first-order chi connectivity index (χ1) is 10.7. The molecular weight excluding hydrogens is 299 g/mol. The predicted octanol–water partition coefficient (Wildman–Crippen LogP) is -0.0969. The molecule has 1 aliphatic rings. The molecule has 0 atom stereocenters. The Morgan fingerprint density at radius 1 is 0.957 bits per heavy atom. The summed E-state index contributed by atoms with van der Waals surface area (Å²) in [4.78, 5) is 17.0. The monoisotopic (exact) mass is 310 g/mol. The number of allylic oxidation sites excluding steroid dienone is 1. The van der Waals surface area contributed by atoms with Crippen LogP contribution in [0.1, 0.15) is 21.6 Å². The number of Topliss-reactive ketones (excluding diaryl/α,β-unsaturated/α-hetero) is 1. The number of aliphatic hydroxyl groups is 1. The number of fused-ring (bicyclic) bond motifs is 2. The summed E-state index contributed by atoms with van der Waals surface area (Å²) in [5.41, 5.74) is 2.12. The fourth-order valence-electron chi connectivity index (χ4n) is 2.81. The Morgan fingerprint density at radius 2 is 1.61 bits per heavy atom. The maximum absolute atomic E-state index is 12.5. The average Bonchev–Trinajstić information content (AvgIpc) is 2.79. The van der Waals surface area contributed by atoms with Crippen molar-refractivity contribution in [3.8, 4) is 0 Å². The van der Waals surface area contributed by atoms with Crippen LogP contribution in [0.5, 0.6) is 0 Å². The summed E-state index contributed by atoms with van der Waals surface area (Å²) in [6, 6.07) is 15.7. The third-order valence-corrected chi connectivity index (χ3v) is 3.86. The van der Waals surface area contributed by atoms with Crippen LogP contribution in [-0.2, 0) is 0 Å². The van der Waals surface area contributed by atoms with Gasteiger partial charge in [0.2, 0.25) is 0 Å². The number of rotatable bonds is 1. The van der Waals surface area contributed by atoms with Crippen LogP contribution in [0.3, 0.4) is 0 Å². The zero-order chi connectivity index (χ0) is 15.3. The molecule has 1 aromatic heterocycles. The molecule has 106 valence electrons. The van der Waals surface area contributed by atoms with Crippen molar-refractivity contribution in [3.05, 3.63) is 76.8 Å². The molecule has 0 radical (unpaired) electrons. The zero-order valence-corrected chi connectivity index (χ0v) is 14.5. The van der Waals surface area contributed by atoms with Gasteiger partial charge in [0.05, 0.1) is 10.9 Å². The minimum Gasteiger partial charge on any atom is -0.657 e. The molecule has 4 nitrogen and oxygen atoms in total. The van der Waals surface area contributed by atoms with Gasteiger partial charge >= 0.3 is 29.6 Å². The van der Waals surface area contributed by atoms with Crippen molar-refractivity contribution in [1.82, 2.24) is 4.98 Å². The zero-order valence-electron chi connectivity index (χ0n) is 12.5. The smallest absolute Gasteiger partial charge is 0.657 e. The van der Waals surface area contributed by atoms with Crippen LogP contribution in [0.25, 0.3) is 22.2 Å². The van der Waals surface area contributed by atoms with Gasteiger partial charge in [0.1, 0.15) is 5.76 Å². The molecule has 2 N–H and O–H groups in total. The number of pyridine rings is 1. The first-order valence-corrected chi connectivity index (χ1v) is 6.86. The molecule has 0 saturated carbocycles. The number of nitrogens with zero attached hydrogens (tertiary/aromatic N) is 1. The number of hydrogen-bond donors (Lipinski definition) is 2. The molecule has 0 amide bonds. The van der Waals surface area contributed by atoms with Crippen LogP contribution in [0.4, 0.5) is 0 Å². The largest absolute Gasteiger partial charge is 1.00 e. The third-order valence-electron chi connectivity index (χ3n) is 3.86. The van der Waals surface area contributed by atoms with E-state index in [-0.39, 0.29) is 52.0 Å². The maximum atomic E-state index is 12.5. The SMILES string of the molecule is N=c1cc(C2=C(O)c3ccccc3C2=O)[n-]c2ccccc12.[Na+]. The number of ketones is 1. The van der Waals surface area contributed by atoms with Crippen LogP contribution >= 0.6 is 0 Å². The second-order valence-corrected chi connectivity index (χ2v) is 5.17. The van der Waals surface area contributed by atoms with Crippen molar-refractivity contribution < 1.29 is 39.5 Å². The maximum Gasteiger partial charge on any atom is 1.00 e.